The Hall–Kier alpha value is -1.72. The molecule has 144 valence electrons. The molecule has 11 heteroatoms. The number of hydrogen-bond donors (Lipinski definition) is 0. The minimum Gasteiger partial charge on any atom is -0.743 e. The minimum absolute atomic E-state index is 1.28. The maximum Gasteiger partial charge on any atom is 0.426 e. The summed E-state index contributed by atoms with van der Waals surface area (Å²) < 4.78 is 97.5. The lowest BCUT2D eigenvalue weighted by Crippen LogP contribution is -2.46. The van der Waals surface area contributed by atoms with Gasteiger partial charge in [0.05, 0.1) is 0 Å². The molecule has 0 fully saturated rings. The molecule has 0 spiro atoms. The lowest BCUT2D eigenvalue weighted by atomic mass is 10.4. The van der Waals surface area contributed by atoms with Gasteiger partial charge < -0.3 is 4.55 Å². The van der Waals surface area contributed by atoms with Crippen molar-refractivity contribution in [3.8, 4) is 0 Å². The van der Waals surface area contributed by atoms with Crippen LogP contribution in [-0.2, 0) is 21.9 Å². The molecule has 1 unspecified atom stereocenters. The van der Waals surface area contributed by atoms with Crippen LogP contribution in [0.1, 0.15) is 0 Å². The molecule has 3 nitrogen and oxygen atoms in total. The van der Waals surface area contributed by atoms with Gasteiger partial charge in [0.1, 0.15) is 0 Å². The van der Waals surface area contributed by atoms with Crippen LogP contribution in [0.3, 0.4) is 0 Å². The van der Waals surface area contributed by atoms with Gasteiger partial charge in [-0.1, -0.05) is 36.4 Å². The molecule has 0 amide bonds. The molecule has 0 N–H and O–H groups in total. The summed E-state index contributed by atoms with van der Waals surface area (Å²) in [5, 5.41) is -5.99. The standard InChI is InChI=1S/C12H10S.C3H2F6O3S/c1-3-7-11(8-4-1)13-12-9-5-2-6-10-12;4-1(2(5,6)7)3(8,9)13(10,11)12/h1-10H;1H,(H,10,11,12). The zero-order valence-electron chi connectivity index (χ0n) is 12.7. The first kappa shape index (κ1) is 22.3. The van der Waals surface area contributed by atoms with Gasteiger partial charge in [0.2, 0.25) is 0 Å². The lowest BCUT2D eigenvalue weighted by molar-refractivity contribution is -0.223. The van der Waals surface area contributed by atoms with Crippen molar-refractivity contribution < 1.29 is 39.3 Å². The summed E-state index contributed by atoms with van der Waals surface area (Å²) in [5.74, 6) is 0. The molecular formula is C15H12F6O3S2. The molecule has 2 rings (SSSR count). The summed E-state index contributed by atoms with van der Waals surface area (Å²) in [4.78, 5) is 2.68. The minimum atomic E-state index is -6.66. The van der Waals surface area contributed by atoms with Crippen molar-refractivity contribution in [3.05, 3.63) is 60.7 Å². The van der Waals surface area contributed by atoms with Crippen LogP contribution in [0.25, 0.3) is 0 Å². The van der Waals surface area contributed by atoms with E-state index in [0.29, 0.717) is 0 Å². The second-order valence-corrected chi connectivity index (χ2v) is 7.41. The normalized spacial score (nSPS) is 13.5. The average molecular weight is 418 g/mol. The molecule has 26 heavy (non-hydrogen) atoms. The Kier molecular flexibility index (Phi) is 7.54. The van der Waals surface area contributed by atoms with Crippen LogP contribution in [0.5, 0.6) is 0 Å². The molecule has 1 atom stereocenters. The Morgan fingerprint density at radius 3 is 1.38 bits per heavy atom. The molecule has 0 saturated heterocycles. The first-order valence-electron chi connectivity index (χ1n) is 6.71. The fourth-order valence-electron chi connectivity index (χ4n) is 1.47. The van der Waals surface area contributed by atoms with Crippen LogP contribution < -0.4 is 0 Å². The van der Waals surface area contributed by atoms with Crippen LogP contribution in [0.15, 0.2) is 70.5 Å². The zero-order chi connectivity index (χ0) is 20.0. The van der Waals surface area contributed by atoms with Crippen LogP contribution in [-0.4, -0.2) is 30.6 Å². The highest BCUT2D eigenvalue weighted by Crippen LogP contribution is 2.37. The van der Waals surface area contributed by atoms with Gasteiger partial charge in [-0.05, 0) is 24.3 Å². The third-order valence-electron chi connectivity index (χ3n) is 2.69. The summed E-state index contributed by atoms with van der Waals surface area (Å²) in [6, 6.07) is 21.0. The molecule has 0 aliphatic heterocycles. The van der Waals surface area contributed by atoms with Gasteiger partial charge in [-0.3, -0.25) is 0 Å². The molecule has 0 aromatic heterocycles. The Morgan fingerprint density at radius 1 is 0.808 bits per heavy atom. The highest BCUT2D eigenvalue weighted by atomic mass is 32.2. The molecule has 0 aliphatic rings. The van der Waals surface area contributed by atoms with Crippen molar-refractivity contribution in [2.75, 3.05) is 0 Å². The Balaban J connectivity index is 0.000000260. The number of rotatable bonds is 4. The average Bonchev–Trinajstić information content (AvgIpc) is 2.55. The SMILES string of the molecule is O=S(=O)([O-])C(F)(F)C(F)C(F)(F)F.c1ccc([SH+]c2ccccc2)cc1. The third kappa shape index (κ3) is 6.54. The second kappa shape index (κ2) is 8.78. The Labute approximate surface area is 149 Å². The van der Waals surface area contributed by atoms with Crippen molar-refractivity contribution in [3.63, 3.8) is 0 Å². The fraction of sp³-hybridized carbons (Fsp3) is 0.200. The van der Waals surface area contributed by atoms with Crippen molar-refractivity contribution in [2.24, 2.45) is 0 Å². The smallest absolute Gasteiger partial charge is 0.426 e. The predicted molar refractivity (Wildman–Crippen MR) is 83.8 cm³/mol. The molecule has 0 bridgehead atoms. The molecular weight excluding hydrogens is 406 g/mol. The maximum atomic E-state index is 11.8. The summed E-state index contributed by atoms with van der Waals surface area (Å²) in [6.45, 7) is 0. The van der Waals surface area contributed by atoms with E-state index in [1.807, 2.05) is 12.1 Å². The van der Waals surface area contributed by atoms with Crippen molar-refractivity contribution >= 4 is 21.9 Å². The topological polar surface area (TPSA) is 57.2 Å². The second-order valence-electron chi connectivity index (χ2n) is 4.70. The molecule has 2 aromatic rings. The Morgan fingerprint density at radius 2 is 1.15 bits per heavy atom. The quantitative estimate of drug-likeness (QED) is 0.327. The van der Waals surface area contributed by atoms with Gasteiger partial charge >= 0.3 is 11.4 Å². The largest absolute Gasteiger partial charge is 0.743 e. The number of benzene rings is 2. The monoisotopic (exact) mass is 418 g/mol. The fourth-order valence-corrected chi connectivity index (χ4v) is 2.80. The van der Waals surface area contributed by atoms with E-state index in [9.17, 15) is 39.3 Å². The van der Waals surface area contributed by atoms with Gasteiger partial charge in [0, 0.05) is 11.8 Å². The molecule has 0 heterocycles. The van der Waals surface area contributed by atoms with E-state index in [0.717, 1.165) is 0 Å². The predicted octanol–water partition coefficient (Wildman–Crippen LogP) is 3.94. The van der Waals surface area contributed by atoms with Gasteiger partial charge in [0.15, 0.2) is 19.9 Å². The first-order valence-corrected chi connectivity index (χ1v) is 9.02. The lowest BCUT2D eigenvalue weighted by Gasteiger charge is -2.24. The summed E-state index contributed by atoms with van der Waals surface area (Å²) in [6.07, 6.45) is -11.1. The van der Waals surface area contributed by atoms with E-state index in [-0.39, 0.29) is 0 Å². The molecule has 0 saturated carbocycles. The van der Waals surface area contributed by atoms with E-state index in [4.69, 9.17) is 0 Å². The van der Waals surface area contributed by atoms with Crippen LogP contribution in [0.4, 0.5) is 26.3 Å². The molecule has 2 aromatic carbocycles. The van der Waals surface area contributed by atoms with E-state index in [1.165, 1.54) is 21.6 Å². The zero-order valence-corrected chi connectivity index (χ0v) is 14.4. The molecule has 0 radical (unpaired) electrons. The van der Waals surface area contributed by atoms with Crippen molar-refractivity contribution in [1.29, 1.82) is 0 Å². The number of alkyl halides is 6. The number of hydrogen-bond acceptors (Lipinski definition) is 3. The van der Waals surface area contributed by atoms with E-state index >= 15 is 0 Å². The summed E-state index contributed by atoms with van der Waals surface area (Å²) in [5.41, 5.74) is 0. The first-order chi connectivity index (χ1) is 11.9. The van der Waals surface area contributed by atoms with Gasteiger partial charge in [0.25, 0.3) is 6.17 Å². The van der Waals surface area contributed by atoms with Crippen molar-refractivity contribution in [2.45, 2.75) is 27.4 Å². The van der Waals surface area contributed by atoms with Crippen LogP contribution in [0, 0.1) is 0 Å². The van der Waals surface area contributed by atoms with Gasteiger partial charge in [-0.25, -0.2) is 12.8 Å². The number of halogens is 6. The van der Waals surface area contributed by atoms with Crippen molar-refractivity contribution in [1.82, 2.24) is 0 Å². The van der Waals surface area contributed by atoms with Gasteiger partial charge in [-0.2, -0.15) is 22.0 Å². The Bertz CT molecular complexity index is 743. The number of thiol groups is 1. The summed E-state index contributed by atoms with van der Waals surface area (Å²) >= 11 is 1.28. The van der Waals surface area contributed by atoms with E-state index in [1.54, 1.807) is 0 Å². The highest BCUT2D eigenvalue weighted by Gasteiger charge is 2.61. The van der Waals surface area contributed by atoms with Crippen LogP contribution >= 0.6 is 0 Å². The highest BCUT2D eigenvalue weighted by molar-refractivity contribution is 7.86. The molecule has 0 aliphatic carbocycles. The maximum absolute atomic E-state index is 11.8. The van der Waals surface area contributed by atoms with Gasteiger partial charge in [-0.15, -0.1) is 0 Å². The third-order valence-corrected chi connectivity index (χ3v) is 4.67. The van der Waals surface area contributed by atoms with Crippen LogP contribution in [0.2, 0.25) is 0 Å². The van der Waals surface area contributed by atoms with E-state index < -0.39 is 27.7 Å². The summed E-state index contributed by atoms with van der Waals surface area (Å²) in [7, 11) is -6.66. The van der Waals surface area contributed by atoms with E-state index in [2.05, 4.69) is 48.5 Å².